The molecule has 1 aliphatic heterocycles. The van der Waals surface area contributed by atoms with Crippen LogP contribution in [-0.2, 0) is 16.8 Å². The van der Waals surface area contributed by atoms with E-state index in [0.717, 1.165) is 43.2 Å². The van der Waals surface area contributed by atoms with Gasteiger partial charge >= 0.3 is 0 Å². The van der Waals surface area contributed by atoms with Crippen LogP contribution < -0.4 is 5.73 Å². The van der Waals surface area contributed by atoms with E-state index >= 15 is 0 Å². The highest BCUT2D eigenvalue weighted by Crippen LogP contribution is 2.61. The topological polar surface area (TPSA) is 58.7 Å². The summed E-state index contributed by atoms with van der Waals surface area (Å²) in [7, 11) is 1.75. The fourth-order valence-electron chi connectivity index (χ4n) is 5.27. The highest BCUT2D eigenvalue weighted by molar-refractivity contribution is 6.08. The molecule has 3 aliphatic carbocycles. The zero-order valence-electron chi connectivity index (χ0n) is 15.3. The summed E-state index contributed by atoms with van der Waals surface area (Å²) < 4.78 is 0. The van der Waals surface area contributed by atoms with Crippen LogP contribution in [0, 0.1) is 23.2 Å². The summed E-state index contributed by atoms with van der Waals surface area (Å²) in [6.45, 7) is 0. The first-order valence-electron chi connectivity index (χ1n) is 9.84. The van der Waals surface area contributed by atoms with Crippen molar-refractivity contribution in [3.63, 3.8) is 0 Å². The highest BCUT2D eigenvalue weighted by Gasteiger charge is 2.65. The van der Waals surface area contributed by atoms with E-state index in [0.29, 0.717) is 11.9 Å². The van der Waals surface area contributed by atoms with Crippen LogP contribution in [0.3, 0.4) is 0 Å². The number of carbonyl (C=O) groups excluding carboxylic acids is 1. The summed E-state index contributed by atoms with van der Waals surface area (Å²) in [4.78, 5) is 19.9. The van der Waals surface area contributed by atoms with Gasteiger partial charge in [0.2, 0.25) is 0 Å². The minimum atomic E-state index is -0.834. The van der Waals surface area contributed by atoms with Crippen LogP contribution in [0.1, 0.15) is 61.6 Å². The molecule has 1 unspecified atom stereocenters. The highest BCUT2D eigenvalue weighted by atomic mass is 16.2. The van der Waals surface area contributed by atoms with Gasteiger partial charge in [-0.3, -0.25) is 9.69 Å². The first-order chi connectivity index (χ1) is 12.6. The Kier molecular flexibility index (Phi) is 3.28. The molecule has 2 saturated carbocycles. The average Bonchev–Trinajstić information content (AvgIpc) is 3.41. The molecule has 26 heavy (non-hydrogen) atoms. The van der Waals surface area contributed by atoms with E-state index in [-0.39, 0.29) is 11.3 Å². The number of nitrogens with two attached hydrogens (primary N) is 1. The van der Waals surface area contributed by atoms with Crippen molar-refractivity contribution in [3.05, 3.63) is 34.9 Å². The lowest BCUT2D eigenvalue weighted by Gasteiger charge is -2.43. The zero-order chi connectivity index (χ0) is 17.9. The van der Waals surface area contributed by atoms with E-state index in [9.17, 15) is 4.79 Å². The third-order valence-corrected chi connectivity index (χ3v) is 6.84. The van der Waals surface area contributed by atoms with Gasteiger partial charge in [-0.1, -0.05) is 37.2 Å². The molecule has 2 N–H and O–H groups in total. The second-order valence-corrected chi connectivity index (χ2v) is 8.48. The maximum absolute atomic E-state index is 13.5. The third kappa shape index (κ3) is 2.03. The molecule has 1 heterocycles. The molecule has 2 fully saturated rings. The minimum Gasteiger partial charge on any atom is -0.369 e. The van der Waals surface area contributed by atoms with Gasteiger partial charge in [0, 0.05) is 23.9 Å². The first-order valence-corrected chi connectivity index (χ1v) is 9.84. The van der Waals surface area contributed by atoms with E-state index in [1.165, 1.54) is 24.8 Å². The molecule has 0 bridgehead atoms. The Hall–Kier alpha value is -2.28. The molecule has 0 aromatic heterocycles. The molecule has 4 aliphatic rings. The van der Waals surface area contributed by atoms with Crippen LogP contribution in [-0.4, -0.2) is 23.8 Å². The smallest absolute Gasteiger partial charge is 0.262 e. The Balaban J connectivity index is 1.68. The van der Waals surface area contributed by atoms with Crippen molar-refractivity contribution in [1.29, 1.82) is 0 Å². The number of hydrogen-bond acceptors (Lipinski definition) is 3. The van der Waals surface area contributed by atoms with Gasteiger partial charge in [0.15, 0.2) is 11.5 Å². The van der Waals surface area contributed by atoms with Crippen molar-refractivity contribution in [2.75, 3.05) is 7.05 Å². The van der Waals surface area contributed by atoms with Gasteiger partial charge in [-0.25, -0.2) is 4.99 Å². The number of nitrogens with zero attached hydrogens (tertiary/aromatic N) is 2. The molecule has 0 saturated heterocycles. The fourth-order valence-corrected chi connectivity index (χ4v) is 5.27. The molecule has 4 nitrogen and oxygen atoms in total. The summed E-state index contributed by atoms with van der Waals surface area (Å²) in [6.07, 6.45) is 9.02. The van der Waals surface area contributed by atoms with Crippen molar-refractivity contribution in [2.24, 2.45) is 22.1 Å². The van der Waals surface area contributed by atoms with Gasteiger partial charge in [-0.15, -0.1) is 0 Å². The second-order valence-electron chi connectivity index (χ2n) is 8.48. The molecule has 4 heteroatoms. The molecule has 2 spiro atoms. The zero-order valence-corrected chi connectivity index (χ0v) is 15.3. The molecule has 1 aromatic carbocycles. The number of guanidine groups is 1. The van der Waals surface area contributed by atoms with Crippen molar-refractivity contribution >= 4 is 11.9 Å². The molecule has 1 atom stereocenters. The molecule has 0 radical (unpaired) electrons. The summed E-state index contributed by atoms with van der Waals surface area (Å²) in [5.74, 6) is 7.61. The second kappa shape index (κ2) is 5.36. The van der Waals surface area contributed by atoms with E-state index < -0.39 is 5.54 Å². The molecule has 1 amide bonds. The lowest BCUT2D eigenvalue weighted by molar-refractivity contribution is -0.136. The maximum atomic E-state index is 13.5. The van der Waals surface area contributed by atoms with Gasteiger partial charge in [0.1, 0.15) is 0 Å². The monoisotopic (exact) mass is 347 g/mol. The normalized spacial score (nSPS) is 28.9. The van der Waals surface area contributed by atoms with Crippen molar-refractivity contribution in [1.82, 2.24) is 4.90 Å². The summed E-state index contributed by atoms with van der Waals surface area (Å²) >= 11 is 0. The maximum Gasteiger partial charge on any atom is 0.262 e. The van der Waals surface area contributed by atoms with Crippen LogP contribution >= 0.6 is 0 Å². The third-order valence-electron chi connectivity index (χ3n) is 6.84. The van der Waals surface area contributed by atoms with Gasteiger partial charge in [-0.05, 0) is 55.4 Å². The number of likely N-dealkylation sites (N-methyl/N-ethyl adjacent to an activating group) is 1. The lowest BCUT2D eigenvalue weighted by atomic mass is 9.62. The SMILES string of the molecule is CN1C(=O)C2(N=C1N)c1cc(C#CC3CC3)ccc1CC21CCCCC1. The van der Waals surface area contributed by atoms with Gasteiger partial charge in [0.05, 0.1) is 0 Å². The standard InChI is InChI=1S/C22H25N3O/c1-25-19(26)22(24-20(25)23)18-13-16(8-7-15-5-6-15)9-10-17(18)14-21(22)11-3-2-4-12-21/h9-10,13,15H,2-6,11-12,14H2,1H3,(H2,23,24). The summed E-state index contributed by atoms with van der Waals surface area (Å²) in [5.41, 5.74) is 8.49. The molecule has 134 valence electrons. The number of benzene rings is 1. The number of rotatable bonds is 0. The Bertz CT molecular complexity index is 880. The molecular formula is C22H25N3O. The molecule has 5 rings (SSSR count). The van der Waals surface area contributed by atoms with Crippen LogP contribution in [0.4, 0.5) is 0 Å². The number of fused-ring (bicyclic) bond motifs is 3. The molecule has 1 aromatic rings. The van der Waals surface area contributed by atoms with Crippen LogP contribution in [0.5, 0.6) is 0 Å². The Labute approximate surface area is 154 Å². The van der Waals surface area contributed by atoms with Crippen LogP contribution in [0.2, 0.25) is 0 Å². The molecular weight excluding hydrogens is 322 g/mol. The summed E-state index contributed by atoms with van der Waals surface area (Å²) in [6, 6.07) is 6.41. The summed E-state index contributed by atoms with van der Waals surface area (Å²) in [5, 5.41) is 0. The van der Waals surface area contributed by atoms with Gasteiger partial charge in [-0.2, -0.15) is 0 Å². The van der Waals surface area contributed by atoms with E-state index in [4.69, 9.17) is 10.7 Å². The van der Waals surface area contributed by atoms with Crippen LogP contribution in [0.25, 0.3) is 0 Å². The predicted octanol–water partition coefficient (Wildman–Crippen LogP) is 2.94. The average molecular weight is 347 g/mol. The van der Waals surface area contributed by atoms with E-state index in [1.54, 1.807) is 11.9 Å². The number of carbonyl (C=O) groups is 1. The van der Waals surface area contributed by atoms with Gasteiger partial charge in [0.25, 0.3) is 5.91 Å². The van der Waals surface area contributed by atoms with Crippen molar-refractivity contribution < 1.29 is 4.79 Å². The fraction of sp³-hybridized carbons (Fsp3) is 0.545. The number of aliphatic imine (C=N–C) groups is 1. The van der Waals surface area contributed by atoms with E-state index in [2.05, 4.69) is 30.0 Å². The van der Waals surface area contributed by atoms with Crippen molar-refractivity contribution in [3.8, 4) is 11.8 Å². The Morgan fingerprint density at radius 3 is 2.65 bits per heavy atom. The first kappa shape index (κ1) is 15.9. The Morgan fingerprint density at radius 1 is 1.23 bits per heavy atom. The predicted molar refractivity (Wildman–Crippen MR) is 101 cm³/mol. The largest absolute Gasteiger partial charge is 0.369 e. The van der Waals surface area contributed by atoms with Crippen molar-refractivity contribution in [2.45, 2.75) is 56.9 Å². The quantitative estimate of drug-likeness (QED) is 0.734. The Morgan fingerprint density at radius 2 is 2.00 bits per heavy atom. The van der Waals surface area contributed by atoms with Crippen LogP contribution in [0.15, 0.2) is 23.2 Å². The number of amides is 1. The van der Waals surface area contributed by atoms with E-state index in [1.807, 2.05) is 0 Å². The number of hydrogen-bond donors (Lipinski definition) is 1. The van der Waals surface area contributed by atoms with Gasteiger partial charge < -0.3 is 5.73 Å². The minimum absolute atomic E-state index is 0.0444. The lowest BCUT2D eigenvalue weighted by Crippen LogP contribution is -2.50.